The van der Waals surface area contributed by atoms with Gasteiger partial charge in [-0.25, -0.2) is 0 Å². The summed E-state index contributed by atoms with van der Waals surface area (Å²) in [5.74, 6) is 0. The summed E-state index contributed by atoms with van der Waals surface area (Å²) >= 11 is 0. The molecule has 0 aromatic carbocycles. The van der Waals surface area contributed by atoms with E-state index in [4.69, 9.17) is 10.5 Å². The summed E-state index contributed by atoms with van der Waals surface area (Å²) in [4.78, 5) is 0. The van der Waals surface area contributed by atoms with Gasteiger partial charge in [0.05, 0.1) is 24.9 Å². The molecule has 4 atom stereocenters. The molecular formula is C10H21NO3. The van der Waals surface area contributed by atoms with Gasteiger partial charge in [0.1, 0.15) is 6.10 Å². The fourth-order valence-electron chi connectivity index (χ4n) is 1.69. The molecule has 4 heteroatoms. The molecule has 1 aliphatic rings. The van der Waals surface area contributed by atoms with Crippen molar-refractivity contribution >= 4 is 0 Å². The maximum atomic E-state index is 9.72. The van der Waals surface area contributed by atoms with Crippen LogP contribution in [0, 0.1) is 5.41 Å². The van der Waals surface area contributed by atoms with Gasteiger partial charge < -0.3 is 20.7 Å². The number of hydrogen-bond donors (Lipinski definition) is 3. The minimum atomic E-state index is -0.865. The topological polar surface area (TPSA) is 75.7 Å². The standard InChI is InChI=1S/C10H21NO3/c1-10(2,3)4-7-9(13)8(12)6(11)5-14-7/h6-9,12-13H,4-5,11H2,1-3H3/t6-,7+,8+,9-/m0/s1. The summed E-state index contributed by atoms with van der Waals surface area (Å²) in [7, 11) is 0. The van der Waals surface area contributed by atoms with Gasteiger partial charge in [-0.1, -0.05) is 20.8 Å². The van der Waals surface area contributed by atoms with E-state index in [1.807, 2.05) is 0 Å². The number of aliphatic hydroxyl groups excluding tert-OH is 2. The lowest BCUT2D eigenvalue weighted by molar-refractivity contribution is -0.153. The van der Waals surface area contributed by atoms with Crippen LogP contribution >= 0.6 is 0 Å². The number of rotatable bonds is 1. The van der Waals surface area contributed by atoms with Crippen LogP contribution in [0.2, 0.25) is 0 Å². The lowest BCUT2D eigenvalue weighted by Gasteiger charge is -2.38. The number of nitrogens with two attached hydrogens (primary N) is 1. The predicted molar refractivity (Wildman–Crippen MR) is 53.8 cm³/mol. The molecule has 1 saturated heterocycles. The summed E-state index contributed by atoms with van der Waals surface area (Å²) in [6, 6.07) is -0.471. The van der Waals surface area contributed by atoms with Gasteiger partial charge in [-0.2, -0.15) is 0 Å². The molecule has 0 radical (unpaired) electrons. The molecule has 0 spiro atoms. The maximum Gasteiger partial charge on any atom is 0.108 e. The van der Waals surface area contributed by atoms with E-state index in [0.29, 0.717) is 6.61 Å². The molecule has 0 saturated carbocycles. The molecule has 0 aromatic rings. The first-order valence-electron chi connectivity index (χ1n) is 5.04. The van der Waals surface area contributed by atoms with Crippen molar-refractivity contribution in [2.45, 2.75) is 51.5 Å². The third kappa shape index (κ3) is 2.92. The van der Waals surface area contributed by atoms with Crippen LogP contribution in [0.3, 0.4) is 0 Å². The summed E-state index contributed by atoms with van der Waals surface area (Å²) in [5.41, 5.74) is 5.64. The molecule has 0 bridgehead atoms. The Kier molecular flexibility index (Phi) is 3.53. The highest BCUT2D eigenvalue weighted by Crippen LogP contribution is 2.27. The Hall–Kier alpha value is -0.160. The summed E-state index contributed by atoms with van der Waals surface area (Å²) in [6.45, 7) is 6.54. The van der Waals surface area contributed by atoms with Crippen LogP contribution in [0.15, 0.2) is 0 Å². The Balaban J connectivity index is 2.55. The van der Waals surface area contributed by atoms with Crippen molar-refractivity contribution in [1.82, 2.24) is 0 Å². The highest BCUT2D eigenvalue weighted by molar-refractivity contribution is 4.90. The molecule has 0 aliphatic carbocycles. The average Bonchev–Trinajstić information content (AvgIpc) is 2.04. The molecule has 1 heterocycles. The Bertz CT molecular complexity index is 190. The zero-order valence-electron chi connectivity index (χ0n) is 9.10. The summed E-state index contributed by atoms with van der Waals surface area (Å²) in [5, 5.41) is 19.3. The van der Waals surface area contributed by atoms with E-state index in [1.165, 1.54) is 0 Å². The van der Waals surface area contributed by atoms with Gasteiger partial charge in [0.25, 0.3) is 0 Å². The monoisotopic (exact) mass is 203 g/mol. The van der Waals surface area contributed by atoms with E-state index >= 15 is 0 Å². The second-order valence-corrected chi connectivity index (χ2v) is 5.28. The normalized spacial score (nSPS) is 39.9. The Morgan fingerprint density at radius 2 is 1.86 bits per heavy atom. The molecular weight excluding hydrogens is 182 g/mol. The Morgan fingerprint density at radius 3 is 2.36 bits per heavy atom. The lowest BCUT2D eigenvalue weighted by atomic mass is 9.84. The van der Waals surface area contributed by atoms with Gasteiger partial charge in [-0.15, -0.1) is 0 Å². The van der Waals surface area contributed by atoms with Crippen LogP contribution in [0.4, 0.5) is 0 Å². The smallest absolute Gasteiger partial charge is 0.108 e. The third-order valence-electron chi connectivity index (χ3n) is 2.49. The zero-order chi connectivity index (χ0) is 10.9. The molecule has 0 unspecified atom stereocenters. The van der Waals surface area contributed by atoms with Gasteiger partial charge in [0.2, 0.25) is 0 Å². The van der Waals surface area contributed by atoms with E-state index in [0.717, 1.165) is 6.42 Å². The third-order valence-corrected chi connectivity index (χ3v) is 2.49. The Morgan fingerprint density at radius 1 is 1.29 bits per heavy atom. The van der Waals surface area contributed by atoms with Crippen molar-refractivity contribution in [1.29, 1.82) is 0 Å². The molecule has 1 fully saturated rings. The molecule has 14 heavy (non-hydrogen) atoms. The average molecular weight is 203 g/mol. The van der Waals surface area contributed by atoms with E-state index in [9.17, 15) is 10.2 Å². The van der Waals surface area contributed by atoms with Crippen molar-refractivity contribution in [3.05, 3.63) is 0 Å². The second kappa shape index (κ2) is 4.14. The molecule has 84 valence electrons. The van der Waals surface area contributed by atoms with Crippen LogP contribution < -0.4 is 5.73 Å². The van der Waals surface area contributed by atoms with Gasteiger partial charge in [0, 0.05) is 0 Å². The molecule has 4 nitrogen and oxygen atoms in total. The minimum absolute atomic E-state index is 0.0762. The first kappa shape index (κ1) is 11.9. The highest BCUT2D eigenvalue weighted by atomic mass is 16.5. The summed E-state index contributed by atoms with van der Waals surface area (Å²) in [6.07, 6.45) is -1.31. The van der Waals surface area contributed by atoms with Crippen LogP contribution in [-0.4, -0.2) is 41.2 Å². The SMILES string of the molecule is CC(C)(C)C[C@H]1OC[C@H](N)[C@@H](O)[C@H]1O. The van der Waals surface area contributed by atoms with Gasteiger partial charge >= 0.3 is 0 Å². The fourth-order valence-corrected chi connectivity index (χ4v) is 1.69. The highest BCUT2D eigenvalue weighted by Gasteiger charge is 2.38. The lowest BCUT2D eigenvalue weighted by Crippen LogP contribution is -2.57. The van der Waals surface area contributed by atoms with E-state index in [1.54, 1.807) is 0 Å². The van der Waals surface area contributed by atoms with Gasteiger partial charge in [-0.05, 0) is 11.8 Å². The van der Waals surface area contributed by atoms with Crippen molar-refractivity contribution in [2.75, 3.05) is 6.61 Å². The predicted octanol–water partition coefficient (Wildman–Crippen LogP) is -0.130. The fraction of sp³-hybridized carbons (Fsp3) is 1.00. The largest absolute Gasteiger partial charge is 0.389 e. The van der Waals surface area contributed by atoms with Crippen molar-refractivity contribution in [3.8, 4) is 0 Å². The zero-order valence-corrected chi connectivity index (χ0v) is 9.10. The Labute approximate surface area is 85.1 Å². The summed E-state index contributed by atoms with van der Waals surface area (Å²) < 4.78 is 5.41. The molecule has 0 amide bonds. The van der Waals surface area contributed by atoms with Crippen LogP contribution in [-0.2, 0) is 4.74 Å². The van der Waals surface area contributed by atoms with Gasteiger partial charge in [-0.3, -0.25) is 0 Å². The molecule has 0 aromatic heterocycles. The molecule has 1 rings (SSSR count). The van der Waals surface area contributed by atoms with Crippen LogP contribution in [0.5, 0.6) is 0 Å². The first-order valence-corrected chi connectivity index (χ1v) is 5.04. The van der Waals surface area contributed by atoms with E-state index in [-0.39, 0.29) is 11.5 Å². The van der Waals surface area contributed by atoms with Crippen molar-refractivity contribution in [2.24, 2.45) is 11.1 Å². The second-order valence-electron chi connectivity index (χ2n) is 5.28. The minimum Gasteiger partial charge on any atom is -0.389 e. The van der Waals surface area contributed by atoms with Crippen LogP contribution in [0.25, 0.3) is 0 Å². The first-order chi connectivity index (χ1) is 6.31. The van der Waals surface area contributed by atoms with Crippen LogP contribution in [0.1, 0.15) is 27.2 Å². The quantitative estimate of drug-likeness (QED) is 0.555. The van der Waals surface area contributed by atoms with E-state index < -0.39 is 18.2 Å². The van der Waals surface area contributed by atoms with Crippen molar-refractivity contribution < 1.29 is 14.9 Å². The van der Waals surface area contributed by atoms with Crippen molar-refractivity contribution in [3.63, 3.8) is 0 Å². The number of hydrogen-bond acceptors (Lipinski definition) is 4. The van der Waals surface area contributed by atoms with E-state index in [2.05, 4.69) is 20.8 Å². The van der Waals surface area contributed by atoms with Gasteiger partial charge in [0.15, 0.2) is 0 Å². The maximum absolute atomic E-state index is 9.72. The number of aliphatic hydroxyl groups is 2. The molecule has 1 aliphatic heterocycles. The number of ether oxygens (including phenoxy) is 1. The molecule has 4 N–H and O–H groups in total.